The van der Waals surface area contributed by atoms with Gasteiger partial charge in [0.05, 0.1) is 12.0 Å². The normalized spacial score (nSPS) is 10.7. The molecule has 7 nitrogen and oxygen atoms in total. The summed E-state index contributed by atoms with van der Waals surface area (Å²) in [5.74, 6) is 0.128. The first-order chi connectivity index (χ1) is 10.8. The summed E-state index contributed by atoms with van der Waals surface area (Å²) in [5, 5.41) is 0. The number of nitrogens with two attached hydrogens (primary N) is 1. The molecule has 0 aliphatic rings. The van der Waals surface area contributed by atoms with Crippen molar-refractivity contribution in [1.82, 2.24) is 9.97 Å². The second-order valence-corrected chi connectivity index (χ2v) is 7.50. The summed E-state index contributed by atoms with van der Waals surface area (Å²) in [6.07, 6.45) is 2.77. The molecule has 2 rings (SSSR count). The second kappa shape index (κ2) is 8.97. The SMILES string of the molecule is COc1nccnc1NS(=O)(=O)c1ccc(N)cc1.ClC(Cl)Cl. The number of ether oxygens (including phenoxy) is 1. The minimum absolute atomic E-state index is 0.0295. The Bertz CT molecular complexity index is 724. The van der Waals surface area contributed by atoms with Crippen molar-refractivity contribution in [2.24, 2.45) is 0 Å². The number of methoxy groups -OCH3 is 1. The van der Waals surface area contributed by atoms with Crippen molar-refractivity contribution in [3.63, 3.8) is 0 Å². The molecule has 3 N–H and O–H groups in total. The van der Waals surface area contributed by atoms with Crippen LogP contribution in [0.5, 0.6) is 5.88 Å². The van der Waals surface area contributed by atoms with E-state index in [2.05, 4.69) is 14.7 Å². The van der Waals surface area contributed by atoms with Crippen molar-refractivity contribution in [1.29, 1.82) is 0 Å². The number of nitrogen functional groups attached to an aromatic ring is 1. The number of rotatable bonds is 4. The Morgan fingerprint density at radius 1 is 1.13 bits per heavy atom. The number of hydrogen-bond acceptors (Lipinski definition) is 6. The summed E-state index contributed by atoms with van der Waals surface area (Å²) in [5.41, 5.74) is 5.99. The lowest BCUT2D eigenvalue weighted by atomic mass is 10.3. The number of nitrogens with one attached hydrogen (secondary N) is 1. The molecule has 0 saturated carbocycles. The van der Waals surface area contributed by atoms with Gasteiger partial charge in [-0.1, -0.05) is 34.8 Å². The number of hydrogen-bond donors (Lipinski definition) is 2. The zero-order valence-electron chi connectivity index (χ0n) is 11.8. The zero-order chi connectivity index (χ0) is 17.5. The third kappa shape index (κ3) is 6.66. The summed E-state index contributed by atoms with van der Waals surface area (Å²) in [6, 6.07) is 5.81. The Balaban J connectivity index is 0.000000593. The van der Waals surface area contributed by atoms with Gasteiger partial charge < -0.3 is 10.5 Å². The van der Waals surface area contributed by atoms with Crippen LogP contribution in [-0.4, -0.2) is 29.8 Å². The average Bonchev–Trinajstić information content (AvgIpc) is 2.47. The van der Waals surface area contributed by atoms with Crippen LogP contribution in [0.4, 0.5) is 11.5 Å². The standard InChI is InChI=1S/C11H12N4O3S.CHCl3/c1-18-11-10(13-6-7-14-11)15-19(16,17)9-4-2-8(12)3-5-9;2-1(3)4/h2-7H,12H2,1H3,(H,13,15);1H. The largest absolute Gasteiger partial charge is 0.478 e. The molecule has 0 unspecified atom stereocenters. The van der Waals surface area contributed by atoms with Gasteiger partial charge >= 0.3 is 0 Å². The van der Waals surface area contributed by atoms with Crippen molar-refractivity contribution < 1.29 is 13.2 Å². The summed E-state index contributed by atoms with van der Waals surface area (Å²) >= 11 is 14.4. The Hall–Kier alpha value is -1.48. The van der Waals surface area contributed by atoms with Crippen molar-refractivity contribution in [2.75, 3.05) is 17.6 Å². The van der Waals surface area contributed by atoms with Crippen LogP contribution in [0.1, 0.15) is 0 Å². The molecule has 2 aromatic rings. The highest BCUT2D eigenvalue weighted by atomic mass is 35.6. The molecule has 0 atom stereocenters. The fraction of sp³-hybridized carbons (Fsp3) is 0.167. The molecule has 0 aliphatic carbocycles. The highest BCUT2D eigenvalue weighted by Crippen LogP contribution is 2.21. The molecule has 0 amide bonds. The molecular weight excluding hydrogens is 387 g/mol. The Morgan fingerprint density at radius 3 is 2.17 bits per heavy atom. The molecule has 126 valence electrons. The number of halogens is 3. The van der Waals surface area contributed by atoms with Crippen molar-refractivity contribution >= 4 is 56.3 Å². The van der Waals surface area contributed by atoms with E-state index >= 15 is 0 Å². The first-order valence-electron chi connectivity index (χ1n) is 5.92. The highest BCUT2D eigenvalue weighted by molar-refractivity contribution is 7.92. The first-order valence-corrected chi connectivity index (χ1v) is 8.71. The zero-order valence-corrected chi connectivity index (χ0v) is 14.9. The third-order valence-corrected chi connectivity index (χ3v) is 3.63. The van der Waals surface area contributed by atoms with Crippen LogP contribution in [0.15, 0.2) is 41.6 Å². The van der Waals surface area contributed by atoms with E-state index in [9.17, 15) is 8.42 Å². The number of sulfonamides is 1. The number of alkyl halides is 3. The molecule has 11 heteroatoms. The summed E-state index contributed by atoms with van der Waals surface area (Å²) in [7, 11) is -2.37. The van der Waals surface area contributed by atoms with Gasteiger partial charge in [-0.25, -0.2) is 18.4 Å². The fourth-order valence-electron chi connectivity index (χ4n) is 1.38. The van der Waals surface area contributed by atoms with Gasteiger partial charge in [0.2, 0.25) is 5.82 Å². The van der Waals surface area contributed by atoms with Crippen molar-refractivity contribution in [3.8, 4) is 5.88 Å². The van der Waals surface area contributed by atoms with Crippen LogP contribution in [0.2, 0.25) is 0 Å². The summed E-state index contributed by atoms with van der Waals surface area (Å²) in [6.45, 7) is 0. The van der Waals surface area contributed by atoms with Gasteiger partial charge in [0.25, 0.3) is 15.9 Å². The van der Waals surface area contributed by atoms with Crippen LogP contribution in [0, 0.1) is 0 Å². The second-order valence-electron chi connectivity index (χ2n) is 3.84. The highest BCUT2D eigenvalue weighted by Gasteiger charge is 2.17. The topological polar surface area (TPSA) is 107 Å². The van der Waals surface area contributed by atoms with Gasteiger partial charge in [0.15, 0.2) is 4.30 Å². The average molecular weight is 400 g/mol. The molecule has 0 bridgehead atoms. The van der Waals surface area contributed by atoms with Gasteiger partial charge in [-0.3, -0.25) is 4.72 Å². The molecule has 1 aromatic heterocycles. The van der Waals surface area contributed by atoms with E-state index < -0.39 is 14.3 Å². The van der Waals surface area contributed by atoms with E-state index in [0.29, 0.717) is 5.69 Å². The van der Waals surface area contributed by atoms with E-state index in [1.54, 1.807) is 0 Å². The Labute approximate surface area is 148 Å². The molecule has 0 fully saturated rings. The number of benzene rings is 1. The molecule has 0 spiro atoms. The lowest BCUT2D eigenvalue weighted by Gasteiger charge is -2.09. The molecule has 1 aromatic carbocycles. The van der Waals surface area contributed by atoms with E-state index in [0.717, 1.165) is 0 Å². The lowest BCUT2D eigenvalue weighted by Crippen LogP contribution is -2.15. The number of nitrogens with zero attached hydrogens (tertiary/aromatic N) is 2. The van der Waals surface area contributed by atoms with Gasteiger partial charge in [-0.15, -0.1) is 0 Å². The van der Waals surface area contributed by atoms with Gasteiger partial charge in [0.1, 0.15) is 0 Å². The van der Waals surface area contributed by atoms with Gasteiger partial charge in [0, 0.05) is 18.1 Å². The monoisotopic (exact) mass is 398 g/mol. The Morgan fingerprint density at radius 2 is 1.65 bits per heavy atom. The van der Waals surface area contributed by atoms with Crippen LogP contribution >= 0.6 is 34.8 Å². The molecule has 23 heavy (non-hydrogen) atoms. The molecule has 1 heterocycles. The molecule has 0 aliphatic heterocycles. The smallest absolute Gasteiger partial charge is 0.263 e. The molecular formula is C12H13Cl3N4O3S. The fourth-order valence-corrected chi connectivity index (χ4v) is 2.38. The molecule has 0 saturated heterocycles. The van der Waals surface area contributed by atoms with E-state index in [4.69, 9.17) is 45.3 Å². The Kier molecular flexibility index (Phi) is 7.63. The maximum absolute atomic E-state index is 12.1. The van der Waals surface area contributed by atoms with Crippen molar-refractivity contribution in [2.45, 2.75) is 9.19 Å². The maximum atomic E-state index is 12.1. The summed E-state index contributed by atoms with van der Waals surface area (Å²) in [4.78, 5) is 7.81. The van der Waals surface area contributed by atoms with E-state index in [1.807, 2.05) is 0 Å². The summed E-state index contributed by atoms with van der Waals surface area (Å²) < 4.78 is 30.7. The predicted molar refractivity (Wildman–Crippen MR) is 91.6 cm³/mol. The van der Waals surface area contributed by atoms with E-state index in [-0.39, 0.29) is 16.6 Å². The van der Waals surface area contributed by atoms with Crippen LogP contribution in [0.3, 0.4) is 0 Å². The van der Waals surface area contributed by atoms with Crippen LogP contribution in [0.25, 0.3) is 0 Å². The van der Waals surface area contributed by atoms with Gasteiger partial charge in [-0.2, -0.15) is 0 Å². The van der Waals surface area contributed by atoms with Crippen LogP contribution < -0.4 is 15.2 Å². The number of anilines is 2. The van der Waals surface area contributed by atoms with Crippen LogP contribution in [-0.2, 0) is 10.0 Å². The first kappa shape index (κ1) is 19.6. The lowest BCUT2D eigenvalue weighted by molar-refractivity contribution is 0.398. The van der Waals surface area contributed by atoms with Crippen molar-refractivity contribution in [3.05, 3.63) is 36.7 Å². The quantitative estimate of drug-likeness (QED) is 0.604. The maximum Gasteiger partial charge on any atom is 0.263 e. The van der Waals surface area contributed by atoms with E-state index in [1.165, 1.54) is 43.8 Å². The third-order valence-electron chi connectivity index (χ3n) is 2.28. The van der Waals surface area contributed by atoms with Gasteiger partial charge in [-0.05, 0) is 24.3 Å². The minimum atomic E-state index is -3.75. The minimum Gasteiger partial charge on any atom is -0.478 e. The predicted octanol–water partition coefficient (Wildman–Crippen LogP) is 2.85. The molecule has 0 radical (unpaired) electrons. The number of aromatic nitrogens is 2.